The van der Waals surface area contributed by atoms with Gasteiger partial charge in [-0.15, -0.1) is 0 Å². The number of unbranched alkanes of at least 4 members (excludes halogenated alkanes) is 16. The lowest BCUT2D eigenvalue weighted by molar-refractivity contribution is -0.151. The second-order valence-electron chi connectivity index (χ2n) is 9.91. The van der Waals surface area contributed by atoms with Crippen LogP contribution >= 0.6 is 7.60 Å². The van der Waals surface area contributed by atoms with E-state index in [-0.39, 0.29) is 19.8 Å². The van der Waals surface area contributed by atoms with E-state index in [9.17, 15) is 14.3 Å². The molecule has 0 aliphatic carbocycles. The first kappa shape index (κ1) is 34.5. The summed E-state index contributed by atoms with van der Waals surface area (Å²) in [6.07, 6.45) is 21.9. The lowest BCUT2D eigenvalue weighted by Gasteiger charge is -2.22. The SMILES string of the molecule is CCCCCCCCCCCCCCCCCCCOCC(COP(=O)(O)C(C)CN)OC(C)=O. The Bertz CT molecular complexity index is 534. The first-order valence-electron chi connectivity index (χ1n) is 14.3. The van der Waals surface area contributed by atoms with Crippen molar-refractivity contribution in [2.75, 3.05) is 26.4 Å². The van der Waals surface area contributed by atoms with E-state index in [0.717, 1.165) is 12.8 Å². The quantitative estimate of drug-likeness (QED) is 0.0707. The number of hydrogen-bond donors (Lipinski definition) is 2. The average Bonchev–Trinajstić information content (AvgIpc) is 2.82. The highest BCUT2D eigenvalue weighted by Crippen LogP contribution is 2.46. The van der Waals surface area contributed by atoms with Gasteiger partial charge in [0.25, 0.3) is 0 Å². The van der Waals surface area contributed by atoms with Gasteiger partial charge in [-0.05, 0) is 13.3 Å². The molecule has 0 aliphatic heterocycles. The summed E-state index contributed by atoms with van der Waals surface area (Å²) in [5.74, 6) is -0.473. The van der Waals surface area contributed by atoms with Gasteiger partial charge in [0.2, 0.25) is 0 Å². The Balaban J connectivity index is 3.58. The summed E-state index contributed by atoms with van der Waals surface area (Å²) in [6.45, 7) is 5.70. The third-order valence-corrected chi connectivity index (χ3v) is 8.22. The maximum Gasteiger partial charge on any atom is 0.332 e. The molecule has 0 fully saturated rings. The number of esters is 1. The number of ether oxygens (including phenoxy) is 2. The van der Waals surface area contributed by atoms with Gasteiger partial charge in [-0.25, -0.2) is 0 Å². The second-order valence-corrected chi connectivity index (χ2v) is 12.2. The monoisotopic (exact) mass is 521 g/mol. The molecule has 0 heterocycles. The van der Waals surface area contributed by atoms with Crippen molar-refractivity contribution in [3.8, 4) is 0 Å². The van der Waals surface area contributed by atoms with Crippen molar-refractivity contribution in [1.82, 2.24) is 0 Å². The predicted octanol–water partition coefficient (Wildman–Crippen LogP) is 7.14. The highest BCUT2D eigenvalue weighted by molar-refractivity contribution is 7.53. The Labute approximate surface area is 215 Å². The van der Waals surface area contributed by atoms with E-state index >= 15 is 0 Å². The van der Waals surface area contributed by atoms with Gasteiger partial charge in [0.1, 0.15) is 6.10 Å². The van der Waals surface area contributed by atoms with E-state index in [1.54, 1.807) is 6.92 Å². The Hall–Kier alpha value is -0.460. The van der Waals surface area contributed by atoms with Gasteiger partial charge in [-0.2, -0.15) is 0 Å². The van der Waals surface area contributed by atoms with Crippen molar-refractivity contribution in [1.29, 1.82) is 0 Å². The zero-order valence-corrected chi connectivity index (χ0v) is 23.9. The van der Waals surface area contributed by atoms with Crippen LogP contribution in [0.25, 0.3) is 0 Å². The normalized spacial score (nSPS) is 15.0. The van der Waals surface area contributed by atoms with Crippen molar-refractivity contribution < 1.29 is 28.3 Å². The molecular weight excluding hydrogens is 465 g/mol. The van der Waals surface area contributed by atoms with E-state index in [4.69, 9.17) is 19.7 Å². The molecule has 8 heteroatoms. The minimum atomic E-state index is -3.83. The zero-order chi connectivity index (χ0) is 26.2. The lowest BCUT2D eigenvalue weighted by atomic mass is 10.0. The van der Waals surface area contributed by atoms with Crippen LogP contribution in [0.4, 0.5) is 0 Å². The molecule has 0 saturated heterocycles. The van der Waals surface area contributed by atoms with Gasteiger partial charge in [0.15, 0.2) is 0 Å². The highest BCUT2D eigenvalue weighted by atomic mass is 31.2. The zero-order valence-electron chi connectivity index (χ0n) is 23.0. The smallest absolute Gasteiger partial charge is 0.332 e. The highest BCUT2D eigenvalue weighted by Gasteiger charge is 2.29. The Kier molecular flexibility index (Phi) is 23.6. The molecule has 3 unspecified atom stereocenters. The second kappa shape index (κ2) is 23.9. The molecule has 0 spiro atoms. The Morgan fingerprint density at radius 3 is 1.63 bits per heavy atom. The van der Waals surface area contributed by atoms with E-state index < -0.39 is 25.3 Å². The number of nitrogens with two attached hydrogens (primary N) is 1. The van der Waals surface area contributed by atoms with E-state index in [1.807, 2.05) is 0 Å². The fraction of sp³-hybridized carbons (Fsp3) is 0.963. The van der Waals surface area contributed by atoms with Crippen molar-refractivity contribution in [3.05, 3.63) is 0 Å². The molecule has 0 saturated carbocycles. The molecule has 0 rings (SSSR count). The molecule has 0 aromatic rings. The number of hydrogen-bond acceptors (Lipinski definition) is 6. The van der Waals surface area contributed by atoms with Crippen LogP contribution in [0.2, 0.25) is 0 Å². The average molecular weight is 522 g/mol. The number of rotatable bonds is 26. The summed E-state index contributed by atoms with van der Waals surface area (Å²) in [4.78, 5) is 21.2. The summed E-state index contributed by atoms with van der Waals surface area (Å²) in [6, 6.07) is 0. The number of carbonyl (C=O) groups is 1. The van der Waals surface area contributed by atoms with Crippen LogP contribution in [0.3, 0.4) is 0 Å². The van der Waals surface area contributed by atoms with Gasteiger partial charge in [0, 0.05) is 20.1 Å². The van der Waals surface area contributed by atoms with Crippen LogP contribution in [-0.4, -0.2) is 49.0 Å². The lowest BCUT2D eigenvalue weighted by Crippen LogP contribution is -2.29. The molecule has 0 aromatic heterocycles. The third-order valence-electron chi connectivity index (χ3n) is 6.37. The minimum Gasteiger partial charge on any atom is -0.458 e. The van der Waals surface area contributed by atoms with Crippen molar-refractivity contribution in [3.63, 3.8) is 0 Å². The van der Waals surface area contributed by atoms with Crippen LogP contribution in [0, 0.1) is 0 Å². The molecule has 0 aromatic carbocycles. The molecule has 0 amide bonds. The fourth-order valence-corrected chi connectivity index (χ4v) is 4.85. The van der Waals surface area contributed by atoms with Crippen LogP contribution in [0.5, 0.6) is 0 Å². The first-order chi connectivity index (χ1) is 16.8. The summed E-state index contributed by atoms with van der Waals surface area (Å²) in [5.41, 5.74) is 4.77. The molecule has 35 heavy (non-hydrogen) atoms. The molecule has 3 atom stereocenters. The molecule has 0 radical (unpaired) electrons. The Morgan fingerprint density at radius 1 is 0.800 bits per heavy atom. The maximum absolute atomic E-state index is 12.1. The molecule has 0 aliphatic rings. The molecule has 3 N–H and O–H groups in total. The molecule has 0 bridgehead atoms. The first-order valence-corrected chi connectivity index (χ1v) is 15.9. The standard InChI is InChI=1S/C27H56NO6P/c1-4-5-6-7-8-9-10-11-12-13-14-15-16-17-18-19-20-21-32-23-27(34-26(3)29)24-33-35(30,31)25(2)22-28/h25,27H,4-24,28H2,1-3H3,(H,30,31). The van der Waals surface area contributed by atoms with Crippen molar-refractivity contribution in [2.45, 2.75) is 142 Å². The van der Waals surface area contributed by atoms with E-state index in [1.165, 1.54) is 103 Å². The van der Waals surface area contributed by atoms with Gasteiger partial charge in [-0.1, -0.05) is 110 Å². The molecule has 7 nitrogen and oxygen atoms in total. The van der Waals surface area contributed by atoms with Crippen LogP contribution in [0.15, 0.2) is 0 Å². The van der Waals surface area contributed by atoms with Gasteiger partial charge in [-0.3, -0.25) is 9.36 Å². The Morgan fingerprint density at radius 2 is 1.23 bits per heavy atom. The summed E-state index contributed by atoms with van der Waals surface area (Å²) in [5, 5.41) is 0. The van der Waals surface area contributed by atoms with E-state index in [0.29, 0.717) is 6.61 Å². The topological polar surface area (TPSA) is 108 Å². The molecule has 210 valence electrons. The van der Waals surface area contributed by atoms with Crippen LogP contribution in [0.1, 0.15) is 130 Å². The van der Waals surface area contributed by atoms with Gasteiger partial charge < -0.3 is 24.6 Å². The van der Waals surface area contributed by atoms with Crippen molar-refractivity contribution in [2.24, 2.45) is 5.73 Å². The minimum absolute atomic E-state index is 0.0435. The largest absolute Gasteiger partial charge is 0.458 e. The predicted molar refractivity (Wildman–Crippen MR) is 145 cm³/mol. The summed E-state index contributed by atoms with van der Waals surface area (Å²) in [7, 11) is -3.83. The van der Waals surface area contributed by atoms with Crippen LogP contribution < -0.4 is 5.73 Å². The van der Waals surface area contributed by atoms with Crippen molar-refractivity contribution >= 4 is 13.6 Å². The molecular formula is C27H56NO6P. The summed E-state index contributed by atoms with van der Waals surface area (Å²) < 4.78 is 27.9. The van der Waals surface area contributed by atoms with E-state index in [2.05, 4.69) is 6.92 Å². The summed E-state index contributed by atoms with van der Waals surface area (Å²) >= 11 is 0. The fourth-order valence-electron chi connectivity index (χ4n) is 3.95. The number of carbonyl (C=O) groups excluding carboxylic acids is 1. The van der Waals surface area contributed by atoms with Gasteiger partial charge in [0.05, 0.1) is 18.9 Å². The van der Waals surface area contributed by atoms with Gasteiger partial charge >= 0.3 is 13.6 Å². The third kappa shape index (κ3) is 22.5. The van der Waals surface area contributed by atoms with Crippen LogP contribution in [-0.2, 0) is 23.4 Å². The maximum atomic E-state index is 12.1.